The van der Waals surface area contributed by atoms with Crippen molar-refractivity contribution in [3.05, 3.63) is 34.4 Å². The summed E-state index contributed by atoms with van der Waals surface area (Å²) in [5.74, 6) is 0.959. The van der Waals surface area contributed by atoms with Crippen molar-refractivity contribution >= 4 is 22.9 Å². The molecule has 0 atom stereocenters. The summed E-state index contributed by atoms with van der Waals surface area (Å²) in [7, 11) is 0. The lowest BCUT2D eigenvalue weighted by atomic mass is 9.78. The van der Waals surface area contributed by atoms with Crippen LogP contribution in [-0.4, -0.2) is 48.8 Å². The highest BCUT2D eigenvalue weighted by molar-refractivity contribution is 7.09. The number of thiazole rings is 1. The van der Waals surface area contributed by atoms with Crippen LogP contribution in [0.25, 0.3) is 0 Å². The van der Waals surface area contributed by atoms with Crippen LogP contribution in [0.15, 0.2) is 23.7 Å². The molecule has 7 nitrogen and oxygen atoms in total. The van der Waals surface area contributed by atoms with Crippen LogP contribution in [0.4, 0.5) is 5.69 Å². The number of rotatable bonds is 7. The molecule has 2 saturated heterocycles. The monoisotopic (exact) mass is 414 g/mol. The van der Waals surface area contributed by atoms with Crippen molar-refractivity contribution in [3.8, 4) is 5.88 Å². The highest BCUT2D eigenvalue weighted by Gasteiger charge is 2.49. The van der Waals surface area contributed by atoms with Gasteiger partial charge in [-0.05, 0) is 44.7 Å². The summed E-state index contributed by atoms with van der Waals surface area (Å²) >= 11 is 1.52. The van der Waals surface area contributed by atoms with Crippen molar-refractivity contribution in [2.45, 2.75) is 32.2 Å². The van der Waals surface area contributed by atoms with Crippen LogP contribution in [0.5, 0.6) is 5.88 Å². The fourth-order valence-corrected chi connectivity index (χ4v) is 4.55. The van der Waals surface area contributed by atoms with Gasteiger partial charge in [0.1, 0.15) is 10.7 Å². The zero-order valence-corrected chi connectivity index (χ0v) is 17.6. The van der Waals surface area contributed by atoms with Crippen LogP contribution in [0.2, 0.25) is 0 Å². The smallest absolute Gasteiger partial charge is 0.270 e. The highest BCUT2D eigenvalue weighted by Crippen LogP contribution is 2.43. The number of carbonyl (C=O) groups excluding carboxylic acids is 1. The molecule has 29 heavy (non-hydrogen) atoms. The Labute approximate surface area is 174 Å². The van der Waals surface area contributed by atoms with Gasteiger partial charge in [0, 0.05) is 24.7 Å². The Bertz CT molecular complexity index is 899. The molecule has 8 heteroatoms. The predicted molar refractivity (Wildman–Crippen MR) is 111 cm³/mol. The first-order valence-electron chi connectivity index (χ1n) is 10.1. The van der Waals surface area contributed by atoms with Crippen molar-refractivity contribution in [2.75, 3.05) is 37.8 Å². The van der Waals surface area contributed by atoms with Crippen molar-refractivity contribution in [3.63, 3.8) is 0 Å². The van der Waals surface area contributed by atoms with E-state index < -0.39 is 5.54 Å². The first-order chi connectivity index (χ1) is 13.9. The molecule has 0 radical (unpaired) electrons. The van der Waals surface area contributed by atoms with E-state index in [1.165, 1.54) is 24.2 Å². The van der Waals surface area contributed by atoms with Gasteiger partial charge in [0.25, 0.3) is 5.91 Å². The number of anilines is 1. The number of pyridine rings is 1. The summed E-state index contributed by atoms with van der Waals surface area (Å²) < 4.78 is 11.4. The second kappa shape index (κ2) is 6.95. The van der Waals surface area contributed by atoms with Gasteiger partial charge in [0.05, 0.1) is 36.5 Å². The van der Waals surface area contributed by atoms with E-state index in [0.717, 1.165) is 37.0 Å². The zero-order valence-electron chi connectivity index (χ0n) is 16.8. The molecule has 3 fully saturated rings. The Balaban J connectivity index is 1.34. The first kappa shape index (κ1) is 18.8. The molecule has 0 aromatic carbocycles. The van der Waals surface area contributed by atoms with Crippen LogP contribution >= 0.6 is 11.3 Å². The van der Waals surface area contributed by atoms with Crippen molar-refractivity contribution in [2.24, 2.45) is 11.3 Å². The van der Waals surface area contributed by atoms with Gasteiger partial charge in [-0.25, -0.2) is 9.97 Å². The minimum absolute atomic E-state index is 0.222. The van der Waals surface area contributed by atoms with Gasteiger partial charge in [-0.3, -0.25) is 4.79 Å². The summed E-state index contributed by atoms with van der Waals surface area (Å²) in [6.07, 6.45) is 4.17. The molecule has 1 aliphatic carbocycles. The lowest BCUT2D eigenvalue weighted by molar-refractivity contribution is -0.127. The molecule has 0 bridgehead atoms. The van der Waals surface area contributed by atoms with Gasteiger partial charge in [0.2, 0.25) is 5.88 Å². The molecule has 154 valence electrons. The lowest BCUT2D eigenvalue weighted by Crippen LogP contribution is -2.66. The molecule has 0 unspecified atom stereocenters. The summed E-state index contributed by atoms with van der Waals surface area (Å²) in [5.41, 5.74) is 1.08. The second-order valence-electron chi connectivity index (χ2n) is 9.04. The second-order valence-corrected chi connectivity index (χ2v) is 9.93. The van der Waals surface area contributed by atoms with Crippen molar-refractivity contribution in [1.82, 2.24) is 15.3 Å². The Morgan fingerprint density at radius 3 is 2.79 bits per heavy atom. The van der Waals surface area contributed by atoms with E-state index in [2.05, 4.69) is 20.2 Å². The standard InChI is InChI=1S/C21H26N4O3S/c1-20(2,19-22-7-8-29-19)24-17(26)15-5-6-16(18(23-15)28-9-14-3-4-14)25-10-21(11-25)12-27-13-21/h5-8,14H,3-4,9-13H2,1-2H3,(H,24,26). The minimum Gasteiger partial charge on any atom is -0.476 e. The fourth-order valence-electron chi connectivity index (χ4n) is 3.83. The van der Waals surface area contributed by atoms with E-state index in [1.807, 2.05) is 25.3 Å². The van der Waals surface area contributed by atoms with Crippen LogP contribution in [-0.2, 0) is 10.3 Å². The molecule has 5 rings (SSSR count). The third-order valence-corrected chi connectivity index (χ3v) is 6.93. The molecule has 1 spiro atoms. The molecule has 1 amide bonds. The first-order valence-corrected chi connectivity index (χ1v) is 11.0. The zero-order chi connectivity index (χ0) is 20.1. The third-order valence-electron chi connectivity index (χ3n) is 5.83. The summed E-state index contributed by atoms with van der Waals surface area (Å²) in [5, 5.41) is 5.82. The molecular formula is C21H26N4O3S. The Morgan fingerprint density at radius 1 is 1.38 bits per heavy atom. The minimum atomic E-state index is -0.561. The van der Waals surface area contributed by atoms with E-state index in [-0.39, 0.29) is 5.91 Å². The van der Waals surface area contributed by atoms with Crippen LogP contribution < -0.4 is 15.0 Å². The number of hydrogen-bond donors (Lipinski definition) is 1. The van der Waals surface area contributed by atoms with Gasteiger partial charge < -0.3 is 19.7 Å². The van der Waals surface area contributed by atoms with Crippen LogP contribution in [0.3, 0.4) is 0 Å². The van der Waals surface area contributed by atoms with Gasteiger partial charge in [0.15, 0.2) is 0 Å². The predicted octanol–water partition coefficient (Wildman–Crippen LogP) is 2.83. The van der Waals surface area contributed by atoms with Gasteiger partial charge in [-0.1, -0.05) is 0 Å². The number of carbonyl (C=O) groups is 1. The Kier molecular flexibility index (Phi) is 4.51. The van der Waals surface area contributed by atoms with Gasteiger partial charge in [-0.2, -0.15) is 0 Å². The third kappa shape index (κ3) is 3.71. The average molecular weight is 415 g/mol. The van der Waals surface area contributed by atoms with E-state index >= 15 is 0 Å². The average Bonchev–Trinajstić information content (AvgIpc) is 3.27. The van der Waals surface area contributed by atoms with E-state index in [4.69, 9.17) is 9.47 Å². The van der Waals surface area contributed by atoms with Gasteiger partial charge in [-0.15, -0.1) is 11.3 Å². The van der Waals surface area contributed by atoms with E-state index in [0.29, 0.717) is 29.5 Å². The summed E-state index contributed by atoms with van der Waals surface area (Å²) in [6.45, 7) is 8.14. The molecular weight excluding hydrogens is 388 g/mol. The molecule has 2 aromatic rings. The molecule has 4 heterocycles. The Morgan fingerprint density at radius 2 is 2.17 bits per heavy atom. The number of hydrogen-bond acceptors (Lipinski definition) is 7. The molecule has 2 aromatic heterocycles. The van der Waals surface area contributed by atoms with E-state index in [1.54, 1.807) is 12.3 Å². The SMILES string of the molecule is CC(C)(NC(=O)c1ccc(N2CC3(COC3)C2)c(OCC2CC2)n1)c1nccs1. The molecule has 1 saturated carbocycles. The molecule has 1 N–H and O–H groups in total. The maximum Gasteiger partial charge on any atom is 0.270 e. The lowest BCUT2D eigenvalue weighted by Gasteiger charge is -2.55. The number of nitrogens with one attached hydrogen (secondary N) is 1. The molecule has 2 aliphatic heterocycles. The fraction of sp³-hybridized carbons (Fsp3) is 0.571. The number of aromatic nitrogens is 2. The topological polar surface area (TPSA) is 76.6 Å². The highest BCUT2D eigenvalue weighted by atomic mass is 32.1. The summed E-state index contributed by atoms with van der Waals surface area (Å²) in [4.78, 5) is 24.1. The van der Waals surface area contributed by atoms with Crippen LogP contribution in [0, 0.1) is 11.3 Å². The van der Waals surface area contributed by atoms with Gasteiger partial charge >= 0.3 is 0 Å². The largest absolute Gasteiger partial charge is 0.476 e. The number of nitrogens with zero attached hydrogens (tertiary/aromatic N) is 3. The number of ether oxygens (including phenoxy) is 2. The summed E-state index contributed by atoms with van der Waals surface area (Å²) in [6, 6.07) is 3.75. The Hall–Kier alpha value is -2.19. The normalized spacial score (nSPS) is 20.1. The van der Waals surface area contributed by atoms with Crippen LogP contribution in [0.1, 0.15) is 42.2 Å². The maximum absolute atomic E-state index is 12.9. The van der Waals surface area contributed by atoms with Crippen molar-refractivity contribution < 1.29 is 14.3 Å². The molecule has 3 aliphatic rings. The van der Waals surface area contributed by atoms with Crippen molar-refractivity contribution in [1.29, 1.82) is 0 Å². The maximum atomic E-state index is 12.9. The van der Waals surface area contributed by atoms with E-state index in [9.17, 15) is 4.79 Å². The number of amides is 1. The quantitative estimate of drug-likeness (QED) is 0.751.